The maximum absolute atomic E-state index is 13.5. The molecule has 0 saturated carbocycles. The van der Waals surface area contributed by atoms with Crippen LogP contribution in [0.25, 0.3) is 0 Å². The number of ether oxygens (including phenoxy) is 1. The Kier molecular flexibility index (Phi) is 8.28. The summed E-state index contributed by atoms with van der Waals surface area (Å²) in [5.41, 5.74) is 3.52. The molecule has 3 aromatic carbocycles. The number of hydrogen-bond acceptors (Lipinski definition) is 5. The molecule has 0 bridgehead atoms. The zero-order valence-corrected chi connectivity index (χ0v) is 21.6. The van der Waals surface area contributed by atoms with E-state index in [-0.39, 0.29) is 11.4 Å². The molecule has 0 atom stereocenters. The molecule has 7 nitrogen and oxygen atoms in total. The molecule has 1 aliphatic rings. The van der Waals surface area contributed by atoms with Crippen molar-refractivity contribution in [1.82, 2.24) is 10.2 Å². The van der Waals surface area contributed by atoms with Gasteiger partial charge in [-0.1, -0.05) is 48.0 Å². The minimum absolute atomic E-state index is 0.123. The standard InChI is InChI=1S/C28H33N3O4S/c1-22-8-14-27(15-9-22)36(33,34)31(25-6-5-7-26(18-25)35-2)21-28(32)29-19-23-10-12-24(13-11-23)20-30-16-3-4-17-30/h5-15,18H,3-4,16-17,19-21H2,1-2H3,(H,29,32). The highest BCUT2D eigenvalue weighted by Gasteiger charge is 2.27. The third-order valence-corrected chi connectivity index (χ3v) is 8.14. The monoisotopic (exact) mass is 507 g/mol. The van der Waals surface area contributed by atoms with Gasteiger partial charge < -0.3 is 10.1 Å². The quantitative estimate of drug-likeness (QED) is 0.447. The highest BCUT2D eigenvalue weighted by molar-refractivity contribution is 7.92. The first-order valence-corrected chi connectivity index (χ1v) is 13.6. The smallest absolute Gasteiger partial charge is 0.264 e. The normalized spacial score (nSPS) is 13.9. The van der Waals surface area contributed by atoms with Gasteiger partial charge in [0.1, 0.15) is 12.3 Å². The second-order valence-corrected chi connectivity index (χ2v) is 11.0. The second-order valence-electron chi connectivity index (χ2n) is 9.10. The van der Waals surface area contributed by atoms with Crippen LogP contribution in [0.15, 0.2) is 77.7 Å². The zero-order valence-electron chi connectivity index (χ0n) is 20.8. The van der Waals surface area contributed by atoms with E-state index in [1.54, 1.807) is 48.5 Å². The minimum atomic E-state index is -3.98. The molecule has 0 unspecified atom stereocenters. The van der Waals surface area contributed by atoms with Crippen LogP contribution in [0.5, 0.6) is 5.75 Å². The van der Waals surface area contributed by atoms with Gasteiger partial charge in [0.05, 0.1) is 17.7 Å². The van der Waals surface area contributed by atoms with Gasteiger partial charge in [0.25, 0.3) is 10.0 Å². The number of anilines is 1. The van der Waals surface area contributed by atoms with Crippen LogP contribution in [0.1, 0.15) is 29.5 Å². The number of rotatable bonds is 10. The molecular weight excluding hydrogens is 474 g/mol. The highest BCUT2D eigenvalue weighted by Crippen LogP contribution is 2.27. The summed E-state index contributed by atoms with van der Waals surface area (Å²) in [6, 6.07) is 21.5. The van der Waals surface area contributed by atoms with E-state index >= 15 is 0 Å². The summed E-state index contributed by atoms with van der Waals surface area (Å²) in [6.07, 6.45) is 2.52. The van der Waals surface area contributed by atoms with Gasteiger partial charge in [0.2, 0.25) is 5.91 Å². The molecule has 0 radical (unpaired) electrons. The van der Waals surface area contributed by atoms with Crippen LogP contribution < -0.4 is 14.4 Å². The van der Waals surface area contributed by atoms with Crippen LogP contribution in [0, 0.1) is 6.92 Å². The van der Waals surface area contributed by atoms with Crippen LogP contribution >= 0.6 is 0 Å². The lowest BCUT2D eigenvalue weighted by molar-refractivity contribution is -0.119. The maximum atomic E-state index is 13.5. The number of nitrogens with zero attached hydrogens (tertiary/aromatic N) is 2. The summed E-state index contributed by atoms with van der Waals surface area (Å²) in [7, 11) is -2.46. The molecule has 0 spiro atoms. The number of carbonyl (C=O) groups is 1. The zero-order chi connectivity index (χ0) is 25.5. The van der Waals surface area contributed by atoms with Gasteiger partial charge >= 0.3 is 0 Å². The van der Waals surface area contributed by atoms with Crippen molar-refractivity contribution < 1.29 is 17.9 Å². The molecule has 1 aliphatic heterocycles. The highest BCUT2D eigenvalue weighted by atomic mass is 32.2. The fourth-order valence-electron chi connectivity index (χ4n) is 4.27. The summed E-state index contributed by atoms with van der Waals surface area (Å²) < 4.78 is 33.5. The second kappa shape index (κ2) is 11.6. The van der Waals surface area contributed by atoms with E-state index in [1.807, 2.05) is 19.1 Å². The third kappa shape index (κ3) is 6.44. The molecule has 1 fully saturated rings. The number of hydrogen-bond donors (Lipinski definition) is 1. The number of likely N-dealkylation sites (tertiary alicyclic amines) is 1. The lowest BCUT2D eigenvalue weighted by atomic mass is 10.1. The molecule has 1 heterocycles. The van der Waals surface area contributed by atoms with Crippen LogP contribution in [0.3, 0.4) is 0 Å². The first-order chi connectivity index (χ1) is 17.3. The van der Waals surface area contributed by atoms with Gasteiger partial charge in [-0.25, -0.2) is 8.42 Å². The number of carbonyl (C=O) groups excluding carboxylic acids is 1. The fourth-order valence-corrected chi connectivity index (χ4v) is 5.68. The number of methoxy groups -OCH3 is 1. The average molecular weight is 508 g/mol. The molecule has 1 saturated heterocycles. The van der Waals surface area contributed by atoms with E-state index in [0.29, 0.717) is 18.0 Å². The molecule has 3 aromatic rings. The molecule has 4 rings (SSSR count). The lowest BCUT2D eigenvalue weighted by Gasteiger charge is -2.24. The third-order valence-electron chi connectivity index (χ3n) is 6.36. The van der Waals surface area contributed by atoms with E-state index in [9.17, 15) is 13.2 Å². The first kappa shape index (κ1) is 25.7. The lowest BCUT2D eigenvalue weighted by Crippen LogP contribution is -2.40. The van der Waals surface area contributed by atoms with Gasteiger partial charge in [-0.05, 0) is 68.2 Å². The van der Waals surface area contributed by atoms with Crippen LogP contribution in [0.2, 0.25) is 0 Å². The predicted octanol–water partition coefficient (Wildman–Crippen LogP) is 4.11. The Bertz CT molecular complexity index is 1270. The number of nitrogens with one attached hydrogen (secondary N) is 1. The molecule has 190 valence electrons. The molecule has 36 heavy (non-hydrogen) atoms. The minimum Gasteiger partial charge on any atom is -0.497 e. The van der Waals surface area contributed by atoms with Crippen LogP contribution in [-0.4, -0.2) is 46.0 Å². The summed E-state index contributed by atoms with van der Waals surface area (Å²) in [5.74, 6) is 0.112. The number of sulfonamides is 1. The molecule has 1 N–H and O–H groups in total. The van der Waals surface area contributed by atoms with Gasteiger partial charge in [0, 0.05) is 19.2 Å². The Balaban J connectivity index is 1.46. The van der Waals surface area contributed by atoms with Crippen molar-refractivity contribution in [2.24, 2.45) is 0 Å². The van der Waals surface area contributed by atoms with Gasteiger partial charge in [-0.3, -0.25) is 14.0 Å². The number of aryl methyl sites for hydroxylation is 1. The molecular formula is C28H33N3O4S. The Morgan fingerprint density at radius 3 is 2.31 bits per heavy atom. The van der Waals surface area contributed by atoms with Crippen LogP contribution in [0.4, 0.5) is 5.69 Å². The molecule has 0 aliphatic carbocycles. The number of benzene rings is 3. The van der Waals surface area contributed by atoms with Crippen molar-refractivity contribution in [2.45, 2.75) is 37.8 Å². The largest absolute Gasteiger partial charge is 0.497 e. The topological polar surface area (TPSA) is 79.0 Å². The van der Waals surface area contributed by atoms with E-state index in [2.05, 4.69) is 22.3 Å². The summed E-state index contributed by atoms with van der Waals surface area (Å²) in [6.45, 7) is 5.09. The van der Waals surface area contributed by atoms with Gasteiger partial charge in [-0.2, -0.15) is 0 Å². The maximum Gasteiger partial charge on any atom is 0.264 e. The molecule has 0 aromatic heterocycles. The summed E-state index contributed by atoms with van der Waals surface area (Å²) in [5, 5.41) is 2.87. The average Bonchev–Trinajstić information content (AvgIpc) is 3.40. The van der Waals surface area contributed by atoms with Crippen molar-refractivity contribution in [2.75, 3.05) is 31.0 Å². The van der Waals surface area contributed by atoms with Gasteiger partial charge in [0.15, 0.2) is 0 Å². The Labute approximate surface area is 213 Å². The Hall–Kier alpha value is -3.36. The molecule has 1 amide bonds. The van der Waals surface area contributed by atoms with E-state index < -0.39 is 15.9 Å². The van der Waals surface area contributed by atoms with Crippen molar-refractivity contribution in [3.8, 4) is 5.75 Å². The Morgan fingerprint density at radius 2 is 1.64 bits per heavy atom. The van der Waals surface area contributed by atoms with Crippen molar-refractivity contribution in [1.29, 1.82) is 0 Å². The summed E-state index contributed by atoms with van der Waals surface area (Å²) >= 11 is 0. The first-order valence-electron chi connectivity index (χ1n) is 12.2. The van der Waals surface area contributed by atoms with Crippen molar-refractivity contribution in [3.05, 3.63) is 89.5 Å². The van der Waals surface area contributed by atoms with Gasteiger partial charge in [-0.15, -0.1) is 0 Å². The summed E-state index contributed by atoms with van der Waals surface area (Å²) in [4.78, 5) is 15.5. The van der Waals surface area contributed by atoms with Crippen molar-refractivity contribution in [3.63, 3.8) is 0 Å². The fraction of sp³-hybridized carbons (Fsp3) is 0.321. The number of amides is 1. The van der Waals surface area contributed by atoms with Crippen LogP contribution in [-0.2, 0) is 27.9 Å². The molecule has 8 heteroatoms. The van der Waals surface area contributed by atoms with E-state index in [1.165, 1.54) is 25.5 Å². The Morgan fingerprint density at radius 1 is 0.972 bits per heavy atom. The predicted molar refractivity (Wildman–Crippen MR) is 142 cm³/mol. The van der Waals surface area contributed by atoms with E-state index in [0.717, 1.165) is 35.1 Å². The van der Waals surface area contributed by atoms with E-state index in [4.69, 9.17) is 4.74 Å². The SMILES string of the molecule is COc1cccc(N(CC(=O)NCc2ccc(CN3CCCC3)cc2)S(=O)(=O)c2ccc(C)cc2)c1. The van der Waals surface area contributed by atoms with Crippen molar-refractivity contribution >= 4 is 21.6 Å².